The Hall–Kier alpha value is -1.44. The fourth-order valence-electron chi connectivity index (χ4n) is 0.934. The second kappa shape index (κ2) is 10.4. The molecule has 0 spiro atoms. The molecule has 0 aliphatic heterocycles. The fourth-order valence-corrected chi connectivity index (χ4v) is 0.934. The molecular weight excluding hydrogens is 284 g/mol. The van der Waals surface area contributed by atoms with Crippen molar-refractivity contribution in [2.75, 3.05) is 19.9 Å². The summed E-state index contributed by atoms with van der Waals surface area (Å²) in [5, 5.41) is 4.67. The molecule has 0 fully saturated rings. The Morgan fingerprint density at radius 2 is 1.70 bits per heavy atom. The molecule has 0 aromatic rings. The molecule has 0 saturated carbocycles. The molecule has 1 unspecified atom stereocenters. The Morgan fingerprint density at radius 3 is 2.10 bits per heavy atom. The van der Waals surface area contributed by atoms with E-state index >= 15 is 0 Å². The van der Waals surface area contributed by atoms with Crippen molar-refractivity contribution in [1.29, 1.82) is 0 Å². The van der Waals surface area contributed by atoms with Crippen LogP contribution in [0.5, 0.6) is 0 Å². The number of hydrogen-bond acceptors (Lipinski definition) is 6. The summed E-state index contributed by atoms with van der Waals surface area (Å²) in [6.45, 7) is 6.39. The van der Waals surface area contributed by atoms with Gasteiger partial charge >= 0.3 is 12.1 Å². The van der Waals surface area contributed by atoms with Gasteiger partial charge in [-0.1, -0.05) is 0 Å². The molecule has 0 aromatic heterocycles. The van der Waals surface area contributed by atoms with Crippen LogP contribution in [-0.4, -0.2) is 49.5 Å². The number of rotatable bonds is 4. The Kier molecular flexibility index (Phi) is 10.8. The summed E-state index contributed by atoms with van der Waals surface area (Å²) in [7, 11) is 1.22. The van der Waals surface area contributed by atoms with E-state index in [1.807, 2.05) is 0 Å². The first kappa shape index (κ1) is 20.9. The first-order chi connectivity index (χ1) is 9.15. The molecule has 0 aliphatic rings. The molecule has 0 rings (SSSR count). The average molecular weight is 308 g/mol. The molecule has 8 heteroatoms. The fraction of sp³-hybridized carbons (Fsp3) is 0.750. The number of alkyl carbamates (subject to hydrolysis) is 1. The van der Waals surface area contributed by atoms with Gasteiger partial charge in [0.15, 0.2) is 0 Å². The van der Waals surface area contributed by atoms with Crippen LogP contribution < -0.4 is 10.6 Å². The molecule has 0 heterocycles. The van der Waals surface area contributed by atoms with Crippen molar-refractivity contribution in [1.82, 2.24) is 10.6 Å². The summed E-state index contributed by atoms with van der Waals surface area (Å²) in [6, 6.07) is -0.801. The van der Waals surface area contributed by atoms with E-state index < -0.39 is 29.6 Å². The number of thiol groups is 1. The van der Waals surface area contributed by atoms with Gasteiger partial charge in [-0.25, -0.2) is 4.79 Å². The average Bonchev–Trinajstić information content (AvgIpc) is 2.35. The minimum atomic E-state index is -0.801. The van der Waals surface area contributed by atoms with Crippen molar-refractivity contribution >= 4 is 30.6 Å². The number of hydrogen-bond donors (Lipinski definition) is 3. The summed E-state index contributed by atoms with van der Waals surface area (Å²) in [5.74, 6) is -1.06. The Bertz CT molecular complexity index is 328. The van der Waals surface area contributed by atoms with E-state index in [1.54, 1.807) is 27.0 Å². The SMILES string of the molecule is COC(=O)CNC(=O)C(C)NC(=O)OC(C)(C)C.CS. The molecule has 0 radical (unpaired) electrons. The van der Waals surface area contributed by atoms with Crippen LogP contribution in [0.15, 0.2) is 0 Å². The number of ether oxygens (including phenoxy) is 2. The van der Waals surface area contributed by atoms with E-state index in [4.69, 9.17) is 4.74 Å². The second-order valence-electron chi connectivity index (χ2n) is 4.66. The topological polar surface area (TPSA) is 93.7 Å². The predicted molar refractivity (Wildman–Crippen MR) is 78.8 cm³/mol. The quantitative estimate of drug-likeness (QED) is 0.526. The number of esters is 1. The van der Waals surface area contributed by atoms with E-state index in [-0.39, 0.29) is 6.54 Å². The van der Waals surface area contributed by atoms with Crippen LogP contribution >= 0.6 is 12.6 Å². The third kappa shape index (κ3) is 11.6. The van der Waals surface area contributed by atoms with Gasteiger partial charge in [0.05, 0.1) is 7.11 Å². The zero-order valence-electron chi connectivity index (χ0n) is 12.8. The van der Waals surface area contributed by atoms with Gasteiger partial charge in [0, 0.05) is 0 Å². The lowest BCUT2D eigenvalue weighted by Crippen LogP contribution is -2.47. The molecule has 0 aromatic carbocycles. The van der Waals surface area contributed by atoms with Gasteiger partial charge in [-0.2, -0.15) is 12.6 Å². The molecule has 1 atom stereocenters. The summed E-state index contributed by atoms with van der Waals surface area (Å²) >= 11 is 3.53. The third-order valence-electron chi connectivity index (χ3n) is 1.76. The Labute approximate surface area is 125 Å². The molecule has 0 bridgehead atoms. The van der Waals surface area contributed by atoms with Crippen LogP contribution in [0.2, 0.25) is 0 Å². The smallest absolute Gasteiger partial charge is 0.408 e. The molecule has 0 aliphatic carbocycles. The van der Waals surface area contributed by atoms with E-state index in [9.17, 15) is 14.4 Å². The third-order valence-corrected chi connectivity index (χ3v) is 1.76. The van der Waals surface area contributed by atoms with E-state index in [0.717, 1.165) is 0 Å². The van der Waals surface area contributed by atoms with Crippen molar-refractivity contribution in [3.05, 3.63) is 0 Å². The summed E-state index contributed by atoms with van der Waals surface area (Å²) < 4.78 is 9.35. The highest BCUT2D eigenvalue weighted by Gasteiger charge is 2.21. The maximum absolute atomic E-state index is 11.5. The van der Waals surface area contributed by atoms with Gasteiger partial charge in [0.1, 0.15) is 18.2 Å². The minimum Gasteiger partial charge on any atom is -0.468 e. The number of carbonyl (C=O) groups excluding carboxylic acids is 3. The number of methoxy groups -OCH3 is 1. The lowest BCUT2D eigenvalue weighted by atomic mass is 10.2. The van der Waals surface area contributed by atoms with Crippen molar-refractivity contribution in [2.45, 2.75) is 39.3 Å². The van der Waals surface area contributed by atoms with Crippen LogP contribution in [0.3, 0.4) is 0 Å². The number of amides is 2. The van der Waals surface area contributed by atoms with Gasteiger partial charge < -0.3 is 20.1 Å². The molecule has 20 heavy (non-hydrogen) atoms. The van der Waals surface area contributed by atoms with Crippen LogP contribution in [0.25, 0.3) is 0 Å². The van der Waals surface area contributed by atoms with E-state index in [1.165, 1.54) is 14.0 Å². The van der Waals surface area contributed by atoms with Gasteiger partial charge in [0.25, 0.3) is 0 Å². The maximum Gasteiger partial charge on any atom is 0.408 e. The summed E-state index contributed by atoms with van der Waals surface area (Å²) in [4.78, 5) is 33.6. The van der Waals surface area contributed by atoms with Crippen molar-refractivity contribution in [3.8, 4) is 0 Å². The Balaban J connectivity index is 0. The molecular formula is C12H24N2O5S. The highest BCUT2D eigenvalue weighted by molar-refractivity contribution is 7.79. The lowest BCUT2D eigenvalue weighted by Gasteiger charge is -2.21. The van der Waals surface area contributed by atoms with Crippen molar-refractivity contribution < 1.29 is 23.9 Å². The first-order valence-corrected chi connectivity index (χ1v) is 6.84. The predicted octanol–water partition coefficient (Wildman–Crippen LogP) is 0.735. The maximum atomic E-state index is 11.5. The lowest BCUT2D eigenvalue weighted by molar-refractivity contribution is -0.141. The molecule has 118 valence electrons. The van der Waals surface area contributed by atoms with Crippen molar-refractivity contribution in [2.24, 2.45) is 0 Å². The highest BCUT2D eigenvalue weighted by atomic mass is 32.1. The first-order valence-electron chi connectivity index (χ1n) is 5.94. The molecule has 0 saturated heterocycles. The second-order valence-corrected chi connectivity index (χ2v) is 4.66. The van der Waals surface area contributed by atoms with Gasteiger partial charge in [0.2, 0.25) is 5.91 Å². The molecule has 2 N–H and O–H groups in total. The standard InChI is InChI=1S/C11H20N2O5.CH4S/c1-7(9(15)12-6-8(14)17-5)13-10(16)18-11(2,3)4;1-2/h7H,6H2,1-5H3,(H,12,15)(H,13,16);2H,1H3. The zero-order valence-corrected chi connectivity index (χ0v) is 13.7. The monoisotopic (exact) mass is 308 g/mol. The van der Waals surface area contributed by atoms with E-state index in [2.05, 4.69) is 28.0 Å². The van der Waals surface area contributed by atoms with Gasteiger partial charge in [-0.3, -0.25) is 9.59 Å². The summed E-state index contributed by atoms with van der Waals surface area (Å²) in [5.41, 5.74) is -0.633. The zero-order chi connectivity index (χ0) is 16.3. The van der Waals surface area contributed by atoms with Gasteiger partial charge in [-0.15, -0.1) is 0 Å². The molecule has 2 amide bonds. The number of carbonyl (C=O) groups is 3. The van der Waals surface area contributed by atoms with Crippen LogP contribution in [0, 0.1) is 0 Å². The van der Waals surface area contributed by atoms with Crippen LogP contribution in [0.4, 0.5) is 4.79 Å². The minimum absolute atomic E-state index is 0.240. The van der Waals surface area contributed by atoms with Crippen LogP contribution in [-0.2, 0) is 19.1 Å². The summed E-state index contributed by atoms with van der Waals surface area (Å²) in [6.07, 6.45) is 1.00. The molecule has 7 nitrogen and oxygen atoms in total. The van der Waals surface area contributed by atoms with Crippen LogP contribution in [0.1, 0.15) is 27.7 Å². The number of nitrogens with one attached hydrogen (secondary N) is 2. The normalized spacial score (nSPS) is 11.3. The highest BCUT2D eigenvalue weighted by Crippen LogP contribution is 2.06. The van der Waals surface area contributed by atoms with Crippen molar-refractivity contribution in [3.63, 3.8) is 0 Å². The van der Waals surface area contributed by atoms with E-state index in [0.29, 0.717) is 0 Å². The Morgan fingerprint density at radius 1 is 1.20 bits per heavy atom. The van der Waals surface area contributed by atoms with Gasteiger partial charge in [-0.05, 0) is 34.0 Å². The largest absolute Gasteiger partial charge is 0.468 e.